The van der Waals surface area contributed by atoms with Crippen LogP contribution in [0.3, 0.4) is 0 Å². The third-order valence-electron chi connectivity index (χ3n) is 7.14. The van der Waals surface area contributed by atoms with Crippen LogP contribution in [0.4, 0.5) is 0 Å². The first-order valence-electron chi connectivity index (χ1n) is 9.76. The van der Waals surface area contributed by atoms with Crippen molar-refractivity contribution in [1.29, 1.82) is 0 Å². The van der Waals surface area contributed by atoms with E-state index in [0.717, 1.165) is 23.3 Å². The summed E-state index contributed by atoms with van der Waals surface area (Å²) in [6.45, 7) is 11.1. The molecule has 3 aliphatic rings. The Morgan fingerprint density at radius 1 is 1.12 bits per heavy atom. The Morgan fingerprint density at radius 3 is 2.42 bits per heavy atom. The molecule has 0 amide bonds. The Hall–Kier alpha value is -0.860. The Balaban J connectivity index is 1.78. The molecule has 0 aromatic heterocycles. The van der Waals surface area contributed by atoms with Gasteiger partial charge in [0, 0.05) is 0 Å². The summed E-state index contributed by atoms with van der Waals surface area (Å²) >= 11 is 0. The summed E-state index contributed by atoms with van der Waals surface area (Å²) in [5, 5.41) is 20.0. The highest BCUT2D eigenvalue weighted by Crippen LogP contribution is 2.59. The van der Waals surface area contributed by atoms with Crippen LogP contribution in [-0.2, 0) is 0 Å². The van der Waals surface area contributed by atoms with Gasteiger partial charge in [-0.2, -0.15) is 0 Å². The maximum atomic E-state index is 10.0. The van der Waals surface area contributed by atoms with E-state index in [1.807, 2.05) is 0 Å². The maximum absolute atomic E-state index is 10.0. The topological polar surface area (TPSA) is 40.5 Å². The van der Waals surface area contributed by atoms with E-state index < -0.39 is 12.2 Å². The van der Waals surface area contributed by atoms with E-state index in [1.165, 1.54) is 32.1 Å². The summed E-state index contributed by atoms with van der Waals surface area (Å²) in [7, 11) is 0. The molecule has 3 fully saturated rings. The average molecular weight is 331 g/mol. The number of aliphatic hydroxyl groups is 2. The fourth-order valence-corrected chi connectivity index (χ4v) is 5.80. The predicted molar refractivity (Wildman–Crippen MR) is 99.6 cm³/mol. The van der Waals surface area contributed by atoms with Gasteiger partial charge in [-0.1, -0.05) is 50.6 Å². The van der Waals surface area contributed by atoms with Gasteiger partial charge in [-0.25, -0.2) is 0 Å². The third kappa shape index (κ3) is 3.15. The van der Waals surface area contributed by atoms with E-state index in [0.29, 0.717) is 23.8 Å². The molecule has 2 heteroatoms. The van der Waals surface area contributed by atoms with Crippen molar-refractivity contribution in [1.82, 2.24) is 0 Å². The molecule has 134 valence electrons. The van der Waals surface area contributed by atoms with Gasteiger partial charge >= 0.3 is 0 Å². The van der Waals surface area contributed by atoms with Crippen LogP contribution in [0.1, 0.15) is 65.7 Å². The number of fused-ring (bicyclic) bond motifs is 1. The third-order valence-corrected chi connectivity index (χ3v) is 7.14. The minimum absolute atomic E-state index is 0.469. The molecule has 0 heterocycles. The summed E-state index contributed by atoms with van der Waals surface area (Å²) in [5.41, 5.74) is 3.80. The number of aliphatic hydroxyl groups excluding tert-OH is 2. The number of hydrogen-bond donors (Lipinski definition) is 2. The van der Waals surface area contributed by atoms with Gasteiger partial charge in [-0.3, -0.25) is 0 Å². The van der Waals surface area contributed by atoms with Gasteiger partial charge in [0.15, 0.2) is 0 Å². The summed E-state index contributed by atoms with van der Waals surface area (Å²) < 4.78 is 0. The predicted octanol–water partition coefficient (Wildman–Crippen LogP) is 4.78. The van der Waals surface area contributed by atoms with E-state index in [-0.39, 0.29) is 0 Å². The lowest BCUT2D eigenvalue weighted by Gasteiger charge is -2.43. The van der Waals surface area contributed by atoms with Gasteiger partial charge < -0.3 is 10.2 Å². The summed E-state index contributed by atoms with van der Waals surface area (Å²) in [4.78, 5) is 0. The van der Waals surface area contributed by atoms with Gasteiger partial charge in [0.2, 0.25) is 0 Å². The number of allylic oxidation sites excluding steroid dienone is 3. The normalized spacial score (nSPS) is 41.8. The monoisotopic (exact) mass is 330 g/mol. The van der Waals surface area contributed by atoms with Gasteiger partial charge in [-0.15, -0.1) is 0 Å². The molecule has 0 aromatic rings. The first kappa shape index (κ1) is 17.9. The minimum Gasteiger partial charge on any atom is -0.388 e. The van der Waals surface area contributed by atoms with Gasteiger partial charge in [0.25, 0.3) is 0 Å². The zero-order valence-electron chi connectivity index (χ0n) is 15.6. The van der Waals surface area contributed by atoms with Crippen molar-refractivity contribution in [3.05, 3.63) is 35.5 Å². The Kier molecular flexibility index (Phi) is 5.09. The smallest absolute Gasteiger partial charge is 0.0809 e. The fraction of sp³-hybridized carbons (Fsp3) is 0.727. The van der Waals surface area contributed by atoms with Crippen molar-refractivity contribution < 1.29 is 10.2 Å². The Labute approximate surface area is 147 Å². The highest BCUT2D eigenvalue weighted by molar-refractivity contribution is 5.29. The summed E-state index contributed by atoms with van der Waals surface area (Å²) in [5.74, 6) is 2.34. The van der Waals surface area contributed by atoms with E-state index in [2.05, 4.69) is 39.5 Å². The van der Waals surface area contributed by atoms with Crippen molar-refractivity contribution in [2.75, 3.05) is 0 Å². The van der Waals surface area contributed by atoms with Crippen LogP contribution in [0.2, 0.25) is 0 Å². The van der Waals surface area contributed by atoms with Gasteiger partial charge in [0.05, 0.1) is 12.2 Å². The van der Waals surface area contributed by atoms with Crippen molar-refractivity contribution in [2.45, 2.75) is 77.9 Å². The zero-order valence-corrected chi connectivity index (χ0v) is 15.6. The van der Waals surface area contributed by atoms with E-state index in [4.69, 9.17) is 0 Å². The standard InChI is InChI=1S/C22H34O2/c1-14(2)18-9-10-19-17(6-5-11-22(18,19)4)8-7-16-12-20(23)15(3)21(24)13-16/h7-8,14,18-21,23-24H,3,5-6,9-13H2,1-2,4H3/b17-8+/t18-,19?,20-,21-,22-/m1/s1. The van der Waals surface area contributed by atoms with E-state index in [1.54, 1.807) is 5.57 Å². The average Bonchev–Trinajstić information content (AvgIpc) is 2.88. The highest BCUT2D eigenvalue weighted by atomic mass is 16.3. The van der Waals surface area contributed by atoms with Crippen molar-refractivity contribution in [2.24, 2.45) is 23.2 Å². The molecule has 0 bridgehead atoms. The second-order valence-corrected chi connectivity index (χ2v) is 8.92. The highest BCUT2D eigenvalue weighted by Gasteiger charge is 2.49. The van der Waals surface area contributed by atoms with Crippen LogP contribution in [0, 0.1) is 23.2 Å². The molecule has 3 aliphatic carbocycles. The molecule has 5 atom stereocenters. The zero-order chi connectivity index (χ0) is 17.5. The fourth-order valence-electron chi connectivity index (χ4n) is 5.80. The van der Waals surface area contributed by atoms with Crippen LogP contribution in [-0.4, -0.2) is 22.4 Å². The van der Waals surface area contributed by atoms with Crippen molar-refractivity contribution >= 4 is 0 Å². The lowest BCUT2D eigenvalue weighted by Crippen LogP contribution is -2.35. The first-order chi connectivity index (χ1) is 11.3. The molecule has 3 rings (SSSR count). The molecule has 24 heavy (non-hydrogen) atoms. The van der Waals surface area contributed by atoms with Gasteiger partial charge in [0.1, 0.15) is 0 Å². The molecule has 1 unspecified atom stereocenters. The van der Waals surface area contributed by atoms with Crippen molar-refractivity contribution in [3.8, 4) is 0 Å². The molecular formula is C22H34O2. The van der Waals surface area contributed by atoms with E-state index >= 15 is 0 Å². The Morgan fingerprint density at radius 2 is 1.79 bits per heavy atom. The molecule has 0 saturated heterocycles. The number of hydrogen-bond acceptors (Lipinski definition) is 2. The second kappa shape index (κ2) is 6.80. The van der Waals surface area contributed by atoms with E-state index in [9.17, 15) is 10.2 Å². The van der Waals surface area contributed by atoms with Crippen LogP contribution in [0.5, 0.6) is 0 Å². The van der Waals surface area contributed by atoms with Crippen LogP contribution < -0.4 is 0 Å². The molecule has 0 aromatic carbocycles. The Bertz CT molecular complexity index is 540. The molecule has 0 aliphatic heterocycles. The molecule has 0 spiro atoms. The lowest BCUT2D eigenvalue weighted by molar-refractivity contribution is 0.104. The van der Waals surface area contributed by atoms with Gasteiger partial charge in [-0.05, 0) is 73.7 Å². The van der Waals surface area contributed by atoms with Crippen LogP contribution >= 0.6 is 0 Å². The summed E-state index contributed by atoms with van der Waals surface area (Å²) in [6.07, 6.45) is 11.1. The summed E-state index contributed by atoms with van der Waals surface area (Å²) in [6, 6.07) is 0. The molecular weight excluding hydrogens is 296 g/mol. The SMILES string of the molecule is C=C1[C@H](O)CC(=C/C=C2\CCC[C@@]3(C)C2CC[C@@H]3C(C)C)C[C@H]1O. The first-order valence-corrected chi connectivity index (χ1v) is 9.76. The molecule has 3 saturated carbocycles. The van der Waals surface area contributed by atoms with Crippen molar-refractivity contribution in [3.63, 3.8) is 0 Å². The second-order valence-electron chi connectivity index (χ2n) is 8.92. The quantitative estimate of drug-likeness (QED) is 0.715. The molecule has 2 nitrogen and oxygen atoms in total. The maximum Gasteiger partial charge on any atom is 0.0809 e. The molecule has 2 N–H and O–H groups in total. The lowest BCUT2D eigenvalue weighted by atomic mass is 9.61. The van der Waals surface area contributed by atoms with Crippen LogP contribution in [0.15, 0.2) is 35.5 Å². The minimum atomic E-state index is -0.591. The number of rotatable bonds is 2. The van der Waals surface area contributed by atoms with Crippen LogP contribution in [0.25, 0.3) is 0 Å². The molecule has 0 radical (unpaired) electrons. The largest absolute Gasteiger partial charge is 0.388 e.